The molecule has 3 rings (SSSR count). The zero-order valence-electron chi connectivity index (χ0n) is 34.1. The monoisotopic (exact) mass is 843 g/mol. The van der Waals surface area contributed by atoms with E-state index in [4.69, 9.17) is 33.5 Å². The van der Waals surface area contributed by atoms with Gasteiger partial charge in [-0.1, -0.05) is 30.7 Å². The van der Waals surface area contributed by atoms with Crippen LogP contribution in [0.1, 0.15) is 80.8 Å². The Hall–Kier alpha value is -4.94. The molecule has 0 saturated heterocycles. The van der Waals surface area contributed by atoms with Crippen LogP contribution < -0.4 is 14.8 Å². The van der Waals surface area contributed by atoms with Crippen LogP contribution in [0.3, 0.4) is 0 Å². The predicted octanol–water partition coefficient (Wildman–Crippen LogP) is 5.14. The average Bonchev–Trinajstić information content (AvgIpc) is 3.19. The van der Waals surface area contributed by atoms with Gasteiger partial charge in [0.15, 0.2) is 5.78 Å². The summed E-state index contributed by atoms with van der Waals surface area (Å²) >= 11 is 0. The van der Waals surface area contributed by atoms with Crippen molar-refractivity contribution >= 4 is 39.5 Å². The normalized spacial score (nSPS) is 11.5. The molecule has 0 fully saturated rings. The number of pyridine rings is 1. The minimum Gasteiger partial charge on any atom is -0.489 e. The van der Waals surface area contributed by atoms with Crippen LogP contribution in [0.15, 0.2) is 71.8 Å². The number of aliphatic carboxylic acids is 1. The fourth-order valence-corrected chi connectivity index (χ4v) is 6.21. The second-order valence-corrected chi connectivity index (χ2v) is 16.1. The topological polar surface area (TPSA) is 215 Å². The highest BCUT2D eigenvalue weighted by Crippen LogP contribution is 2.19. The van der Waals surface area contributed by atoms with Gasteiger partial charge in [0.05, 0.1) is 43.5 Å². The average molecular weight is 844 g/mol. The highest BCUT2D eigenvalue weighted by Gasteiger charge is 2.17. The minimum atomic E-state index is -3.95. The number of carboxylic acids is 1. The van der Waals surface area contributed by atoms with Crippen LogP contribution in [0.25, 0.3) is 0 Å². The van der Waals surface area contributed by atoms with Crippen LogP contribution in [0.2, 0.25) is 0 Å². The first-order valence-electron chi connectivity index (χ1n) is 19.5. The van der Waals surface area contributed by atoms with E-state index in [1.807, 2.05) is 45.0 Å². The van der Waals surface area contributed by atoms with Crippen LogP contribution in [-0.4, -0.2) is 107 Å². The molecule has 0 aliphatic carbocycles. The number of carbonyl (C=O) groups is 4. The largest absolute Gasteiger partial charge is 0.489 e. The fourth-order valence-electron chi connectivity index (χ4n) is 5.20. The number of carboxylic acid groups (broad SMARTS) is 1. The molecule has 324 valence electrons. The summed E-state index contributed by atoms with van der Waals surface area (Å²) in [7, 11) is -3.95. The molecule has 1 aromatic heterocycles. The number of anilines is 1. The molecule has 59 heavy (non-hydrogen) atoms. The van der Waals surface area contributed by atoms with Crippen molar-refractivity contribution in [3.8, 4) is 5.75 Å². The number of esters is 1. The van der Waals surface area contributed by atoms with Gasteiger partial charge in [-0.2, -0.15) is 0 Å². The zero-order valence-corrected chi connectivity index (χ0v) is 34.9. The number of carbonyl (C=O) groups excluding carboxylic acids is 3. The third kappa shape index (κ3) is 21.6. The summed E-state index contributed by atoms with van der Waals surface area (Å²) in [4.78, 5) is 50.7. The Morgan fingerprint density at radius 3 is 2.03 bits per heavy atom. The van der Waals surface area contributed by atoms with Crippen LogP contribution in [0, 0.1) is 0 Å². The number of Topliss-reactive ketones (excluding diaryl/α,β-unsaturated/α-hetero) is 1. The lowest BCUT2D eigenvalue weighted by molar-refractivity contribution is -0.155. The van der Waals surface area contributed by atoms with Crippen molar-refractivity contribution in [2.75, 3.05) is 64.1 Å². The fraction of sp³-hybridized carbons (Fsp3) is 0.500. The van der Waals surface area contributed by atoms with Gasteiger partial charge in [0.25, 0.3) is 15.9 Å². The molecule has 0 unspecified atom stereocenters. The van der Waals surface area contributed by atoms with Gasteiger partial charge in [-0.3, -0.25) is 19.1 Å². The standard InChI is InChI=1S/C42H57N3O13S/c1-42(2,3)58-40(49)10-6-4-5-8-32-11-16-36(17-12-32)57-29-33-13-18-37(19-14-33)59(51,52)45-38-20-15-34(28-44-38)41(50)43-21-23-54-25-26-55-30-35(46)9-7-22-53-24-27-56-31-39(47)48/h11-20,28H,4-10,21-27,29-31H2,1-3H3,(H,43,50)(H,44,45)(H,47,48). The summed E-state index contributed by atoms with van der Waals surface area (Å²) in [5.41, 5.74) is 1.74. The number of hydrogen-bond donors (Lipinski definition) is 3. The number of sulfonamides is 1. The van der Waals surface area contributed by atoms with Gasteiger partial charge in [-0.15, -0.1) is 0 Å². The van der Waals surface area contributed by atoms with Gasteiger partial charge in [-0.05, 0) is 94.0 Å². The summed E-state index contributed by atoms with van der Waals surface area (Å²) < 4.78 is 60.5. The van der Waals surface area contributed by atoms with Gasteiger partial charge < -0.3 is 38.8 Å². The summed E-state index contributed by atoms with van der Waals surface area (Å²) in [6, 6.07) is 17.0. The zero-order chi connectivity index (χ0) is 42.9. The van der Waals surface area contributed by atoms with Gasteiger partial charge in [-0.25, -0.2) is 18.2 Å². The molecule has 0 aliphatic heterocycles. The molecule has 1 heterocycles. The van der Waals surface area contributed by atoms with Crippen molar-refractivity contribution < 1.29 is 61.1 Å². The summed E-state index contributed by atoms with van der Waals surface area (Å²) in [5, 5.41) is 11.2. The van der Waals surface area contributed by atoms with E-state index in [-0.39, 0.29) is 93.8 Å². The Kier molecular flexibility index (Phi) is 21.5. The van der Waals surface area contributed by atoms with Crippen molar-refractivity contribution in [3.63, 3.8) is 0 Å². The molecule has 3 N–H and O–H groups in total. The molecule has 3 aromatic rings. The number of ether oxygens (including phenoxy) is 6. The van der Waals surface area contributed by atoms with E-state index in [2.05, 4.69) is 15.0 Å². The first-order valence-corrected chi connectivity index (χ1v) is 21.0. The van der Waals surface area contributed by atoms with Crippen LogP contribution in [0.5, 0.6) is 5.75 Å². The van der Waals surface area contributed by atoms with Gasteiger partial charge in [0.1, 0.15) is 37.0 Å². The molecule has 2 aromatic carbocycles. The van der Waals surface area contributed by atoms with E-state index in [9.17, 15) is 27.6 Å². The van der Waals surface area contributed by atoms with E-state index in [0.717, 1.165) is 31.2 Å². The Morgan fingerprint density at radius 1 is 0.712 bits per heavy atom. The Balaban J connectivity index is 1.26. The summed E-state index contributed by atoms with van der Waals surface area (Å²) in [6.07, 6.45) is 6.09. The van der Waals surface area contributed by atoms with E-state index in [1.165, 1.54) is 36.0 Å². The van der Waals surface area contributed by atoms with Crippen LogP contribution in [0.4, 0.5) is 5.82 Å². The van der Waals surface area contributed by atoms with Gasteiger partial charge in [0, 0.05) is 32.2 Å². The molecule has 0 bridgehead atoms. The van der Waals surface area contributed by atoms with Crippen LogP contribution in [-0.2, 0) is 61.1 Å². The van der Waals surface area contributed by atoms with E-state index in [0.29, 0.717) is 25.2 Å². The second kappa shape index (κ2) is 26.2. The highest BCUT2D eigenvalue weighted by atomic mass is 32.2. The Morgan fingerprint density at radius 2 is 1.37 bits per heavy atom. The summed E-state index contributed by atoms with van der Waals surface area (Å²) in [5.74, 6) is -0.955. The van der Waals surface area contributed by atoms with Crippen molar-refractivity contribution in [3.05, 3.63) is 83.6 Å². The number of hydrogen-bond acceptors (Lipinski definition) is 13. The SMILES string of the molecule is CC(C)(C)OC(=O)CCCCCc1ccc(OCc2ccc(S(=O)(=O)Nc3ccc(C(=O)NCCOCCOCC(=O)CCCOCCOCC(=O)O)cn3)cc2)cc1. The number of ketones is 1. The number of unbranched alkanes of at least 4 members (excludes halogenated alkanes) is 2. The molecule has 0 radical (unpaired) electrons. The third-order valence-corrected chi connectivity index (χ3v) is 9.47. The molecule has 1 amide bonds. The number of benzene rings is 2. The van der Waals surface area contributed by atoms with Crippen molar-refractivity contribution in [1.29, 1.82) is 0 Å². The minimum absolute atomic E-state index is 0.0402. The lowest BCUT2D eigenvalue weighted by Gasteiger charge is -2.19. The van der Waals surface area contributed by atoms with Crippen LogP contribution >= 0.6 is 0 Å². The number of aryl methyl sites for hydroxylation is 1. The lowest BCUT2D eigenvalue weighted by Crippen LogP contribution is -2.28. The number of rotatable bonds is 30. The molecule has 0 aliphatic rings. The molecule has 0 spiro atoms. The van der Waals surface area contributed by atoms with Crippen molar-refractivity contribution in [1.82, 2.24) is 10.3 Å². The quantitative estimate of drug-likeness (QED) is 0.0586. The number of nitrogens with zero attached hydrogens (tertiary/aromatic N) is 1. The van der Waals surface area contributed by atoms with Crippen molar-refractivity contribution in [2.45, 2.75) is 82.8 Å². The molecular formula is C42H57N3O13S. The second-order valence-electron chi connectivity index (χ2n) is 14.4. The van der Waals surface area contributed by atoms with E-state index in [1.54, 1.807) is 12.1 Å². The lowest BCUT2D eigenvalue weighted by atomic mass is 10.1. The van der Waals surface area contributed by atoms with Crippen molar-refractivity contribution in [2.24, 2.45) is 0 Å². The molecule has 0 saturated carbocycles. The number of aromatic nitrogens is 1. The first kappa shape index (κ1) is 48.4. The molecule has 16 nitrogen and oxygen atoms in total. The predicted molar refractivity (Wildman–Crippen MR) is 218 cm³/mol. The molecule has 17 heteroatoms. The summed E-state index contributed by atoms with van der Waals surface area (Å²) in [6.45, 7) is 7.05. The van der Waals surface area contributed by atoms with E-state index >= 15 is 0 Å². The third-order valence-electron chi connectivity index (χ3n) is 8.10. The number of amides is 1. The maximum Gasteiger partial charge on any atom is 0.329 e. The maximum atomic E-state index is 13.0. The maximum absolute atomic E-state index is 13.0. The van der Waals surface area contributed by atoms with E-state index < -0.39 is 27.5 Å². The smallest absolute Gasteiger partial charge is 0.329 e. The molecular weight excluding hydrogens is 787 g/mol. The van der Waals surface area contributed by atoms with Gasteiger partial charge in [0.2, 0.25) is 0 Å². The number of nitrogens with one attached hydrogen (secondary N) is 2. The van der Waals surface area contributed by atoms with Gasteiger partial charge >= 0.3 is 11.9 Å². The Bertz CT molecular complexity index is 1830. The molecule has 0 atom stereocenters. The highest BCUT2D eigenvalue weighted by molar-refractivity contribution is 7.92. The Labute approximate surface area is 346 Å². The first-order chi connectivity index (χ1) is 28.2.